The van der Waals surface area contributed by atoms with Crippen LogP contribution >= 0.6 is 23.2 Å². The Bertz CT molecular complexity index is 1570. The molecule has 43 heavy (non-hydrogen) atoms. The number of hydrogen-bond acceptors (Lipinski definition) is 6. The zero-order chi connectivity index (χ0) is 31.1. The van der Waals surface area contributed by atoms with E-state index >= 15 is 0 Å². The van der Waals surface area contributed by atoms with Crippen molar-refractivity contribution >= 4 is 52.5 Å². The molecular weight excluding hydrogens is 598 g/mol. The number of nitrogens with zero attached hydrogens (tertiary/aromatic N) is 2. The van der Waals surface area contributed by atoms with Gasteiger partial charge in [-0.2, -0.15) is 0 Å². The number of aliphatic hydroxyl groups excluding tert-OH is 1. The quantitative estimate of drug-likeness (QED) is 0.296. The van der Waals surface area contributed by atoms with Crippen molar-refractivity contribution in [1.82, 2.24) is 4.90 Å². The first-order chi connectivity index (χ1) is 20.3. The summed E-state index contributed by atoms with van der Waals surface area (Å²) in [5.74, 6) is -5.60. The van der Waals surface area contributed by atoms with E-state index in [4.69, 9.17) is 27.9 Å². The Labute approximate surface area is 258 Å². The lowest BCUT2D eigenvalue weighted by molar-refractivity contribution is -0.145. The van der Waals surface area contributed by atoms with Crippen LogP contribution in [0.2, 0.25) is 0 Å². The molecule has 11 heteroatoms. The fraction of sp³-hybridized carbons (Fsp3) is 0.438. The highest BCUT2D eigenvalue weighted by Gasteiger charge is 2.77. The van der Waals surface area contributed by atoms with Crippen LogP contribution in [0.25, 0.3) is 0 Å². The highest BCUT2D eigenvalue weighted by Crippen LogP contribution is 2.66. The zero-order valence-corrected chi connectivity index (χ0v) is 25.4. The number of allylic oxidation sites excluding steroid dienone is 2. The first-order valence-electron chi connectivity index (χ1n) is 14.2. The summed E-state index contributed by atoms with van der Waals surface area (Å²) in [5, 5.41) is 9.47. The highest BCUT2D eigenvalue weighted by molar-refractivity contribution is 6.58. The molecule has 6 unspecified atom stereocenters. The van der Waals surface area contributed by atoms with Crippen LogP contribution in [-0.2, 0) is 19.2 Å². The summed E-state index contributed by atoms with van der Waals surface area (Å²) in [4.78, 5) is 54.4. The van der Waals surface area contributed by atoms with Crippen LogP contribution in [0.1, 0.15) is 45.1 Å². The average Bonchev–Trinajstić information content (AvgIpc) is 3.31. The summed E-state index contributed by atoms with van der Waals surface area (Å²) in [6, 6.07) is 11.7. The minimum absolute atomic E-state index is 0.0413. The van der Waals surface area contributed by atoms with Gasteiger partial charge in [0.1, 0.15) is 18.2 Å². The smallest absolute Gasteiger partial charge is 0.258 e. The number of imide groups is 2. The van der Waals surface area contributed by atoms with Gasteiger partial charge in [0, 0.05) is 17.0 Å². The van der Waals surface area contributed by atoms with Gasteiger partial charge in [-0.05, 0) is 69.9 Å². The van der Waals surface area contributed by atoms with Crippen LogP contribution in [-0.4, -0.2) is 62.1 Å². The highest BCUT2D eigenvalue weighted by atomic mass is 35.5. The number of ether oxygens (including phenoxy) is 1. The molecule has 0 bridgehead atoms. The van der Waals surface area contributed by atoms with E-state index in [-0.39, 0.29) is 43.6 Å². The summed E-state index contributed by atoms with van der Waals surface area (Å²) in [5.41, 5.74) is 0.427. The van der Waals surface area contributed by atoms with E-state index in [1.54, 1.807) is 45.0 Å². The largest absolute Gasteiger partial charge is 0.491 e. The van der Waals surface area contributed by atoms with Gasteiger partial charge in [0.25, 0.3) is 11.8 Å². The third-order valence-corrected chi connectivity index (χ3v) is 10.6. The van der Waals surface area contributed by atoms with Crippen LogP contribution < -0.4 is 9.64 Å². The molecule has 0 spiro atoms. The minimum Gasteiger partial charge on any atom is -0.491 e. The van der Waals surface area contributed by atoms with E-state index in [1.165, 1.54) is 17.0 Å². The Kier molecular flexibility index (Phi) is 7.03. The Morgan fingerprint density at radius 3 is 2.30 bits per heavy atom. The molecule has 1 saturated carbocycles. The second-order valence-electron chi connectivity index (χ2n) is 12.5. The van der Waals surface area contributed by atoms with Crippen molar-refractivity contribution in [3.63, 3.8) is 0 Å². The number of benzene rings is 2. The van der Waals surface area contributed by atoms with E-state index in [2.05, 4.69) is 0 Å². The van der Waals surface area contributed by atoms with Gasteiger partial charge in [0.05, 0.1) is 24.1 Å². The predicted molar refractivity (Wildman–Crippen MR) is 157 cm³/mol. The molecule has 4 aliphatic rings. The summed E-state index contributed by atoms with van der Waals surface area (Å²) in [6.07, 6.45) is 1.94. The Hall–Kier alpha value is -3.27. The van der Waals surface area contributed by atoms with Gasteiger partial charge in [0.2, 0.25) is 11.8 Å². The van der Waals surface area contributed by atoms with Crippen LogP contribution in [0.15, 0.2) is 60.2 Å². The second-order valence-corrected chi connectivity index (χ2v) is 13.8. The maximum absolute atomic E-state index is 14.4. The first-order valence-corrected chi connectivity index (χ1v) is 15.0. The van der Waals surface area contributed by atoms with Crippen LogP contribution in [0, 0.1) is 23.6 Å². The van der Waals surface area contributed by atoms with Crippen LogP contribution in [0.4, 0.5) is 10.1 Å². The minimum atomic E-state index is -2.07. The molecule has 0 aromatic heterocycles. The summed E-state index contributed by atoms with van der Waals surface area (Å²) < 4.78 is 19.7. The van der Waals surface area contributed by atoms with E-state index < -0.39 is 56.6 Å². The van der Waals surface area contributed by atoms with Crippen LogP contribution in [0.5, 0.6) is 5.75 Å². The molecule has 226 valence electrons. The SMILES string of the molecule is CC(C)(C)N1C(=O)C2CC=C3C(CC4(Cl)C(=O)N(c5ccc(F)cc5)C(=O)C4(Cl)C3c3ccccc3OCCO)C2C1=O. The number of aliphatic hydroxyl groups is 1. The number of carbonyl (C=O) groups is 4. The van der Waals surface area contributed by atoms with Gasteiger partial charge in [-0.1, -0.05) is 29.8 Å². The molecule has 2 heterocycles. The molecule has 0 radical (unpaired) electrons. The number of fused-ring (bicyclic) bond motifs is 4. The maximum Gasteiger partial charge on any atom is 0.258 e. The molecule has 2 saturated heterocycles. The number of carbonyl (C=O) groups excluding carboxylic acids is 4. The fourth-order valence-electron chi connectivity index (χ4n) is 7.41. The van der Waals surface area contributed by atoms with Crippen molar-refractivity contribution in [2.75, 3.05) is 18.1 Å². The van der Waals surface area contributed by atoms with E-state index in [0.29, 0.717) is 16.9 Å². The topological polar surface area (TPSA) is 104 Å². The van der Waals surface area contributed by atoms with Gasteiger partial charge in [0.15, 0.2) is 9.75 Å². The van der Waals surface area contributed by atoms with Crippen molar-refractivity contribution in [2.24, 2.45) is 17.8 Å². The molecule has 3 fully saturated rings. The standard InChI is InChI=1S/C32H31Cl2FN2O6/c1-30(2,3)37-26(39)21-13-12-19-22(24(21)27(37)40)16-31(33)28(41)36(18-10-8-17(35)9-11-18)29(42)32(31,34)25(19)20-6-4-5-7-23(20)43-15-14-38/h4-12,21-22,24-25,38H,13-16H2,1-3H3. The Morgan fingerprint density at radius 2 is 1.65 bits per heavy atom. The number of halogens is 3. The number of anilines is 1. The van der Waals surface area contributed by atoms with E-state index in [0.717, 1.165) is 17.0 Å². The van der Waals surface area contributed by atoms with Crippen molar-refractivity contribution in [1.29, 1.82) is 0 Å². The number of hydrogen-bond donors (Lipinski definition) is 1. The maximum atomic E-state index is 14.4. The van der Waals surface area contributed by atoms with Crippen molar-refractivity contribution in [2.45, 2.75) is 54.8 Å². The first kappa shape index (κ1) is 29.8. The average molecular weight is 630 g/mol. The molecule has 2 aliphatic heterocycles. The molecule has 2 aromatic rings. The summed E-state index contributed by atoms with van der Waals surface area (Å²) >= 11 is 14.8. The molecule has 1 N–H and O–H groups in total. The molecule has 2 aliphatic carbocycles. The van der Waals surface area contributed by atoms with Gasteiger partial charge in [-0.15, -0.1) is 23.2 Å². The normalized spacial score (nSPS) is 32.0. The molecule has 6 rings (SSSR count). The Balaban J connectivity index is 1.57. The van der Waals surface area contributed by atoms with Crippen molar-refractivity contribution in [3.8, 4) is 5.75 Å². The van der Waals surface area contributed by atoms with Gasteiger partial charge >= 0.3 is 0 Å². The van der Waals surface area contributed by atoms with Gasteiger partial charge in [-0.3, -0.25) is 24.1 Å². The fourth-order valence-corrected chi connectivity index (χ4v) is 8.34. The number of para-hydroxylation sites is 1. The van der Waals surface area contributed by atoms with Crippen molar-refractivity contribution in [3.05, 3.63) is 71.6 Å². The summed E-state index contributed by atoms with van der Waals surface area (Å²) in [6.45, 7) is 5.06. The zero-order valence-electron chi connectivity index (χ0n) is 23.9. The summed E-state index contributed by atoms with van der Waals surface area (Å²) in [7, 11) is 0. The third kappa shape index (κ3) is 4.11. The number of alkyl halides is 2. The van der Waals surface area contributed by atoms with E-state index in [9.17, 15) is 28.7 Å². The third-order valence-electron chi connectivity index (χ3n) is 9.15. The number of likely N-dealkylation sites (tertiary alicyclic amines) is 1. The predicted octanol–water partition coefficient (Wildman–Crippen LogP) is 4.56. The van der Waals surface area contributed by atoms with E-state index in [1.807, 2.05) is 6.08 Å². The molecule has 2 aromatic carbocycles. The van der Waals surface area contributed by atoms with Crippen molar-refractivity contribution < 1.29 is 33.4 Å². The van der Waals surface area contributed by atoms with Gasteiger partial charge in [-0.25, -0.2) is 9.29 Å². The molecule has 4 amide bonds. The number of rotatable bonds is 5. The van der Waals surface area contributed by atoms with Gasteiger partial charge < -0.3 is 9.84 Å². The number of amides is 4. The molecule has 8 nitrogen and oxygen atoms in total. The lowest BCUT2D eigenvalue weighted by atomic mass is 9.56. The second kappa shape index (κ2) is 10.1. The molecular formula is C32H31Cl2FN2O6. The molecule has 6 atom stereocenters. The lowest BCUT2D eigenvalue weighted by Gasteiger charge is -2.51. The van der Waals surface area contributed by atoms with Crippen LogP contribution in [0.3, 0.4) is 0 Å². The monoisotopic (exact) mass is 628 g/mol. The Morgan fingerprint density at radius 1 is 0.977 bits per heavy atom. The lowest BCUT2D eigenvalue weighted by Crippen LogP contribution is -2.60.